The molecule has 0 bridgehead atoms. The summed E-state index contributed by atoms with van der Waals surface area (Å²) < 4.78 is 33.6. The van der Waals surface area contributed by atoms with Crippen molar-refractivity contribution in [2.75, 3.05) is 38.8 Å². The fraction of sp³-hybridized carbons (Fsp3) is 0.600. The van der Waals surface area contributed by atoms with Gasteiger partial charge in [0.05, 0.1) is 6.61 Å². The van der Waals surface area contributed by atoms with Crippen LogP contribution in [0.1, 0.15) is 18.4 Å². The molecule has 1 aliphatic rings. The zero-order chi connectivity index (χ0) is 14.5. The summed E-state index contributed by atoms with van der Waals surface area (Å²) in [6.45, 7) is 2.53. The first-order chi connectivity index (χ1) is 9.61. The second-order valence-corrected chi connectivity index (χ2v) is 5.40. The molecule has 1 fully saturated rings. The second-order valence-electron chi connectivity index (χ2n) is 5.40. The van der Waals surface area contributed by atoms with Crippen molar-refractivity contribution in [2.24, 2.45) is 5.92 Å². The molecule has 0 radical (unpaired) electrons. The smallest absolute Gasteiger partial charge is 0.149 e. The van der Waals surface area contributed by atoms with Crippen LogP contribution in [0.5, 0.6) is 0 Å². The summed E-state index contributed by atoms with van der Waals surface area (Å²) in [5, 5.41) is 2.89. The van der Waals surface area contributed by atoms with Crippen molar-refractivity contribution in [3.63, 3.8) is 0 Å². The predicted octanol–water partition coefficient (Wildman–Crippen LogP) is 2.55. The molecule has 1 unspecified atom stereocenters. The van der Waals surface area contributed by atoms with E-state index < -0.39 is 11.6 Å². The molecule has 5 heteroatoms. The number of halogens is 2. The standard InChI is InChI=1S/C15H22F2N2O/c1-18-8-12-6-13(16)15(14(17)7-12)19(2)9-11-4-3-5-20-10-11/h6-7,11,18H,3-5,8-10H2,1-2H3. The molecule has 1 N–H and O–H groups in total. The van der Waals surface area contributed by atoms with E-state index in [9.17, 15) is 8.78 Å². The molecule has 1 aliphatic heterocycles. The van der Waals surface area contributed by atoms with Crippen LogP contribution in [0.15, 0.2) is 12.1 Å². The summed E-state index contributed by atoms with van der Waals surface area (Å²) in [7, 11) is 3.48. The van der Waals surface area contributed by atoms with Crippen molar-refractivity contribution >= 4 is 5.69 Å². The molecule has 1 saturated heterocycles. The van der Waals surface area contributed by atoms with Gasteiger partial charge in [-0.3, -0.25) is 0 Å². The van der Waals surface area contributed by atoms with E-state index >= 15 is 0 Å². The normalized spacial score (nSPS) is 19.1. The quantitative estimate of drug-likeness (QED) is 0.899. The van der Waals surface area contributed by atoms with Gasteiger partial charge in [-0.1, -0.05) is 0 Å². The Bertz CT molecular complexity index is 424. The highest BCUT2D eigenvalue weighted by Gasteiger charge is 2.20. The summed E-state index contributed by atoms with van der Waals surface area (Å²) in [6, 6.07) is 2.78. The van der Waals surface area contributed by atoms with Gasteiger partial charge in [-0.25, -0.2) is 8.78 Å². The Balaban J connectivity index is 2.10. The van der Waals surface area contributed by atoms with E-state index in [1.165, 1.54) is 12.1 Å². The molecule has 2 rings (SSSR count). The summed E-state index contributed by atoms with van der Waals surface area (Å²) in [6.07, 6.45) is 2.07. The molecule has 1 heterocycles. The lowest BCUT2D eigenvalue weighted by molar-refractivity contribution is 0.0575. The number of ether oxygens (including phenoxy) is 1. The zero-order valence-electron chi connectivity index (χ0n) is 12.1. The average molecular weight is 284 g/mol. The van der Waals surface area contributed by atoms with Crippen LogP contribution < -0.4 is 10.2 Å². The number of nitrogens with one attached hydrogen (secondary N) is 1. The molecular formula is C15H22F2N2O. The van der Waals surface area contributed by atoms with E-state index in [1.54, 1.807) is 19.0 Å². The lowest BCUT2D eigenvalue weighted by Gasteiger charge is -2.29. The highest BCUT2D eigenvalue weighted by molar-refractivity contribution is 5.50. The fourth-order valence-electron chi connectivity index (χ4n) is 2.72. The van der Waals surface area contributed by atoms with E-state index in [4.69, 9.17) is 4.74 Å². The summed E-state index contributed by atoms with van der Waals surface area (Å²) in [5.74, 6) is -0.673. The molecule has 3 nitrogen and oxygen atoms in total. The maximum absolute atomic E-state index is 14.1. The molecule has 1 aromatic carbocycles. The molecule has 0 saturated carbocycles. The van der Waals surface area contributed by atoms with E-state index in [0.29, 0.717) is 31.2 Å². The largest absolute Gasteiger partial charge is 0.381 e. The minimum atomic E-state index is -0.505. The Kier molecular flexibility index (Phi) is 5.31. The van der Waals surface area contributed by atoms with Crippen LogP contribution in [0.2, 0.25) is 0 Å². The Morgan fingerprint density at radius 1 is 1.35 bits per heavy atom. The Morgan fingerprint density at radius 2 is 2.05 bits per heavy atom. The monoisotopic (exact) mass is 284 g/mol. The lowest BCUT2D eigenvalue weighted by Crippen LogP contribution is -2.32. The molecule has 0 spiro atoms. The van der Waals surface area contributed by atoms with Crippen LogP contribution >= 0.6 is 0 Å². The van der Waals surface area contributed by atoms with Gasteiger partial charge < -0.3 is 15.0 Å². The number of benzene rings is 1. The van der Waals surface area contributed by atoms with Crippen LogP contribution in [0.25, 0.3) is 0 Å². The Hall–Kier alpha value is -1.20. The van der Waals surface area contributed by atoms with Crippen molar-refractivity contribution in [3.8, 4) is 0 Å². The third-order valence-electron chi connectivity index (χ3n) is 3.63. The third kappa shape index (κ3) is 3.67. The van der Waals surface area contributed by atoms with Crippen LogP contribution in [-0.4, -0.2) is 33.9 Å². The van der Waals surface area contributed by atoms with Crippen LogP contribution in [-0.2, 0) is 11.3 Å². The molecule has 1 aromatic rings. The van der Waals surface area contributed by atoms with Crippen molar-refractivity contribution in [2.45, 2.75) is 19.4 Å². The van der Waals surface area contributed by atoms with Crippen LogP contribution in [0, 0.1) is 17.6 Å². The van der Waals surface area contributed by atoms with Crippen molar-refractivity contribution in [3.05, 3.63) is 29.3 Å². The van der Waals surface area contributed by atoms with Gasteiger partial charge in [-0.05, 0) is 43.5 Å². The molecule has 0 aromatic heterocycles. The van der Waals surface area contributed by atoms with E-state index in [2.05, 4.69) is 5.32 Å². The van der Waals surface area contributed by atoms with E-state index in [-0.39, 0.29) is 5.69 Å². The van der Waals surface area contributed by atoms with Crippen LogP contribution in [0.4, 0.5) is 14.5 Å². The average Bonchev–Trinajstić information content (AvgIpc) is 2.39. The Labute approximate surface area is 118 Å². The lowest BCUT2D eigenvalue weighted by atomic mass is 10.0. The molecule has 0 aliphatic carbocycles. The maximum Gasteiger partial charge on any atom is 0.149 e. The van der Waals surface area contributed by atoms with Gasteiger partial charge in [0.2, 0.25) is 0 Å². The second kappa shape index (κ2) is 6.99. The van der Waals surface area contributed by atoms with Gasteiger partial charge in [0, 0.05) is 26.7 Å². The zero-order valence-corrected chi connectivity index (χ0v) is 12.1. The molecule has 1 atom stereocenters. The topological polar surface area (TPSA) is 24.5 Å². The minimum absolute atomic E-state index is 0.0513. The molecule has 0 amide bonds. The SMILES string of the molecule is CNCc1cc(F)c(N(C)CC2CCCOC2)c(F)c1. The summed E-state index contributed by atoms with van der Waals surface area (Å²) in [4.78, 5) is 1.66. The highest BCUT2D eigenvalue weighted by Crippen LogP contribution is 2.26. The van der Waals surface area contributed by atoms with Crippen molar-refractivity contribution in [1.29, 1.82) is 0 Å². The predicted molar refractivity (Wildman–Crippen MR) is 75.9 cm³/mol. The first-order valence-electron chi connectivity index (χ1n) is 7.03. The fourth-order valence-corrected chi connectivity index (χ4v) is 2.72. The van der Waals surface area contributed by atoms with Gasteiger partial charge in [-0.2, -0.15) is 0 Å². The van der Waals surface area contributed by atoms with Crippen molar-refractivity contribution in [1.82, 2.24) is 5.32 Å². The van der Waals surface area contributed by atoms with Gasteiger partial charge >= 0.3 is 0 Å². The minimum Gasteiger partial charge on any atom is -0.381 e. The number of anilines is 1. The summed E-state index contributed by atoms with van der Waals surface area (Å²) in [5.41, 5.74) is 0.663. The highest BCUT2D eigenvalue weighted by atomic mass is 19.1. The van der Waals surface area contributed by atoms with E-state index in [0.717, 1.165) is 19.4 Å². The first kappa shape index (κ1) is 15.2. The molecule has 112 valence electrons. The number of rotatable bonds is 5. The molecule has 20 heavy (non-hydrogen) atoms. The van der Waals surface area contributed by atoms with Gasteiger partial charge in [-0.15, -0.1) is 0 Å². The Morgan fingerprint density at radius 3 is 2.60 bits per heavy atom. The van der Waals surface area contributed by atoms with Gasteiger partial charge in [0.15, 0.2) is 0 Å². The number of hydrogen-bond acceptors (Lipinski definition) is 3. The third-order valence-corrected chi connectivity index (χ3v) is 3.63. The number of hydrogen-bond donors (Lipinski definition) is 1. The van der Waals surface area contributed by atoms with Crippen molar-refractivity contribution < 1.29 is 13.5 Å². The molecular weight excluding hydrogens is 262 g/mol. The first-order valence-corrected chi connectivity index (χ1v) is 7.03. The number of nitrogens with zero attached hydrogens (tertiary/aromatic N) is 1. The van der Waals surface area contributed by atoms with E-state index in [1.807, 2.05) is 0 Å². The van der Waals surface area contributed by atoms with Gasteiger partial charge in [0.1, 0.15) is 17.3 Å². The van der Waals surface area contributed by atoms with Crippen LogP contribution in [0.3, 0.4) is 0 Å². The maximum atomic E-state index is 14.1. The van der Waals surface area contributed by atoms with Gasteiger partial charge in [0.25, 0.3) is 0 Å². The summed E-state index contributed by atoms with van der Waals surface area (Å²) >= 11 is 0.